The van der Waals surface area contributed by atoms with Gasteiger partial charge in [-0.15, -0.1) is 0 Å². The molecule has 0 aliphatic carbocycles. The fraction of sp³-hybridized carbons (Fsp3) is 0.333. The quantitative estimate of drug-likeness (QED) is 0.714. The molecule has 16 heavy (non-hydrogen) atoms. The number of nitrogens with two attached hydrogens (primary N) is 1. The molecule has 1 aromatic rings. The van der Waals surface area contributed by atoms with Gasteiger partial charge in [0.25, 0.3) is 0 Å². The van der Waals surface area contributed by atoms with Gasteiger partial charge >= 0.3 is 0 Å². The number of hydrogen-bond donors (Lipinski definition) is 3. The van der Waals surface area contributed by atoms with Gasteiger partial charge in [-0.3, -0.25) is 0 Å². The molecule has 0 heterocycles. The molecule has 4 N–H and O–H groups in total. The molecule has 0 bridgehead atoms. The summed E-state index contributed by atoms with van der Waals surface area (Å²) in [6.07, 6.45) is -0.734. The summed E-state index contributed by atoms with van der Waals surface area (Å²) >= 11 is 3.18. The minimum atomic E-state index is -3.61. The first-order chi connectivity index (χ1) is 7.33. The lowest BCUT2D eigenvalue weighted by Gasteiger charge is -2.09. The zero-order valence-electron chi connectivity index (χ0n) is 8.64. The lowest BCUT2D eigenvalue weighted by Crippen LogP contribution is -2.30. The van der Waals surface area contributed by atoms with Crippen LogP contribution in [-0.2, 0) is 10.0 Å². The maximum absolute atomic E-state index is 11.7. The first-order valence-electron chi connectivity index (χ1n) is 4.55. The molecular formula is C9H13BrN2O3S. The van der Waals surface area contributed by atoms with Crippen molar-refractivity contribution in [3.8, 4) is 0 Å². The molecule has 5 nitrogen and oxygen atoms in total. The Balaban J connectivity index is 2.94. The van der Waals surface area contributed by atoms with E-state index in [0.717, 1.165) is 0 Å². The topological polar surface area (TPSA) is 92.4 Å². The van der Waals surface area contributed by atoms with Crippen LogP contribution in [0.1, 0.15) is 6.92 Å². The standard InChI is InChI=1S/C9H13BrN2O3S/c1-6(13)5-12-16(14,15)7-2-3-8(10)9(11)4-7/h2-4,6,12-13H,5,11H2,1H3/t6-/m1/s1. The van der Waals surface area contributed by atoms with E-state index in [1.807, 2.05) is 0 Å². The van der Waals surface area contributed by atoms with Crippen molar-refractivity contribution in [2.45, 2.75) is 17.9 Å². The molecule has 0 saturated carbocycles. The van der Waals surface area contributed by atoms with Gasteiger partial charge in [-0.1, -0.05) is 0 Å². The number of hydrogen-bond acceptors (Lipinski definition) is 4. The van der Waals surface area contributed by atoms with Gasteiger partial charge in [0.2, 0.25) is 10.0 Å². The van der Waals surface area contributed by atoms with E-state index in [-0.39, 0.29) is 11.4 Å². The van der Waals surface area contributed by atoms with Crippen molar-refractivity contribution in [3.05, 3.63) is 22.7 Å². The summed E-state index contributed by atoms with van der Waals surface area (Å²) in [5.74, 6) is 0. The Morgan fingerprint density at radius 1 is 1.56 bits per heavy atom. The fourth-order valence-corrected chi connectivity index (χ4v) is 2.41. The number of aliphatic hydroxyl groups excluding tert-OH is 1. The van der Waals surface area contributed by atoms with Gasteiger partial charge in [-0.25, -0.2) is 13.1 Å². The molecule has 1 atom stereocenters. The first kappa shape index (κ1) is 13.4. The highest BCUT2D eigenvalue weighted by molar-refractivity contribution is 9.10. The number of halogens is 1. The highest BCUT2D eigenvalue weighted by Gasteiger charge is 2.15. The molecule has 0 saturated heterocycles. The maximum atomic E-state index is 11.7. The van der Waals surface area contributed by atoms with Crippen molar-refractivity contribution in [2.24, 2.45) is 0 Å². The van der Waals surface area contributed by atoms with Crippen molar-refractivity contribution in [1.82, 2.24) is 4.72 Å². The van der Waals surface area contributed by atoms with Gasteiger partial charge < -0.3 is 10.8 Å². The van der Waals surface area contributed by atoms with Crippen molar-refractivity contribution >= 4 is 31.6 Å². The number of sulfonamides is 1. The normalized spacial score (nSPS) is 13.7. The maximum Gasteiger partial charge on any atom is 0.240 e. The zero-order valence-corrected chi connectivity index (χ0v) is 11.0. The Hall–Kier alpha value is -0.630. The second-order valence-electron chi connectivity index (χ2n) is 3.38. The monoisotopic (exact) mass is 308 g/mol. The van der Waals surface area contributed by atoms with Crippen molar-refractivity contribution in [1.29, 1.82) is 0 Å². The second-order valence-corrected chi connectivity index (χ2v) is 6.01. The van der Waals surface area contributed by atoms with E-state index in [9.17, 15) is 8.42 Å². The van der Waals surface area contributed by atoms with Crippen LogP contribution in [-0.4, -0.2) is 26.2 Å². The summed E-state index contributed by atoms with van der Waals surface area (Å²) in [5, 5.41) is 9.00. The third-order valence-electron chi connectivity index (χ3n) is 1.85. The molecule has 0 aromatic heterocycles. The average molecular weight is 309 g/mol. The Morgan fingerprint density at radius 3 is 2.69 bits per heavy atom. The number of rotatable bonds is 4. The van der Waals surface area contributed by atoms with Crippen LogP contribution < -0.4 is 10.5 Å². The van der Waals surface area contributed by atoms with E-state index in [1.165, 1.54) is 19.1 Å². The van der Waals surface area contributed by atoms with Gasteiger partial charge in [0.05, 0.1) is 11.0 Å². The SMILES string of the molecule is C[C@@H](O)CNS(=O)(=O)c1ccc(Br)c(N)c1. The molecule has 0 radical (unpaired) electrons. The average Bonchev–Trinajstić information content (AvgIpc) is 2.19. The van der Waals surface area contributed by atoms with E-state index in [4.69, 9.17) is 10.8 Å². The summed E-state index contributed by atoms with van der Waals surface area (Å²) < 4.78 is 26.3. The Kier molecular flexibility index (Phi) is 4.31. The zero-order chi connectivity index (χ0) is 12.3. The molecular weight excluding hydrogens is 296 g/mol. The highest BCUT2D eigenvalue weighted by Crippen LogP contribution is 2.22. The van der Waals surface area contributed by atoms with E-state index in [1.54, 1.807) is 6.07 Å². The van der Waals surface area contributed by atoms with Crippen LogP contribution in [0, 0.1) is 0 Å². The van der Waals surface area contributed by atoms with Crippen molar-refractivity contribution in [3.63, 3.8) is 0 Å². The Morgan fingerprint density at radius 2 is 2.19 bits per heavy atom. The molecule has 0 fully saturated rings. The van der Waals surface area contributed by atoms with Crippen molar-refractivity contribution in [2.75, 3.05) is 12.3 Å². The summed E-state index contributed by atoms with van der Waals surface area (Å²) in [5.41, 5.74) is 5.93. The van der Waals surface area contributed by atoms with Crippen LogP contribution in [0.5, 0.6) is 0 Å². The highest BCUT2D eigenvalue weighted by atomic mass is 79.9. The summed E-state index contributed by atoms with van der Waals surface area (Å²) in [4.78, 5) is 0.0776. The minimum Gasteiger partial charge on any atom is -0.398 e. The second kappa shape index (κ2) is 5.13. The molecule has 0 unspecified atom stereocenters. The number of nitrogen functional groups attached to an aromatic ring is 1. The molecule has 1 aromatic carbocycles. The van der Waals surface area contributed by atoms with Gasteiger partial charge in [0.15, 0.2) is 0 Å². The molecule has 90 valence electrons. The van der Waals surface area contributed by atoms with Crippen LogP contribution in [0.4, 0.5) is 5.69 Å². The lowest BCUT2D eigenvalue weighted by atomic mass is 10.3. The van der Waals surface area contributed by atoms with E-state index < -0.39 is 16.1 Å². The Bertz CT molecular complexity index is 474. The predicted octanol–water partition coefficient (Wildman–Crippen LogP) is 0.690. The lowest BCUT2D eigenvalue weighted by molar-refractivity contribution is 0.198. The van der Waals surface area contributed by atoms with Crippen LogP contribution >= 0.6 is 15.9 Å². The van der Waals surface area contributed by atoms with Gasteiger partial charge in [0, 0.05) is 16.7 Å². The Labute approximate surface area is 103 Å². The number of benzene rings is 1. The summed E-state index contributed by atoms with van der Waals surface area (Å²) in [6, 6.07) is 4.35. The van der Waals surface area contributed by atoms with E-state index in [2.05, 4.69) is 20.7 Å². The number of aliphatic hydroxyl groups is 1. The molecule has 0 aliphatic heterocycles. The van der Waals surface area contributed by atoms with Gasteiger partial charge in [-0.2, -0.15) is 0 Å². The van der Waals surface area contributed by atoms with Crippen LogP contribution in [0.15, 0.2) is 27.6 Å². The molecule has 0 spiro atoms. The smallest absolute Gasteiger partial charge is 0.240 e. The third-order valence-corrected chi connectivity index (χ3v) is 3.99. The predicted molar refractivity (Wildman–Crippen MR) is 65.4 cm³/mol. The summed E-state index contributed by atoms with van der Waals surface area (Å²) in [6.45, 7) is 1.47. The summed E-state index contributed by atoms with van der Waals surface area (Å²) in [7, 11) is -3.61. The first-order valence-corrected chi connectivity index (χ1v) is 6.83. The van der Waals surface area contributed by atoms with Gasteiger partial charge in [-0.05, 0) is 41.1 Å². The van der Waals surface area contributed by atoms with E-state index >= 15 is 0 Å². The molecule has 0 amide bonds. The number of anilines is 1. The fourth-order valence-electron chi connectivity index (χ4n) is 1.00. The third kappa shape index (κ3) is 3.44. The molecule has 1 rings (SSSR count). The number of nitrogens with one attached hydrogen (secondary N) is 1. The van der Waals surface area contributed by atoms with E-state index in [0.29, 0.717) is 10.2 Å². The van der Waals surface area contributed by atoms with Crippen LogP contribution in [0.2, 0.25) is 0 Å². The van der Waals surface area contributed by atoms with Crippen LogP contribution in [0.25, 0.3) is 0 Å². The van der Waals surface area contributed by atoms with Crippen molar-refractivity contribution < 1.29 is 13.5 Å². The molecule has 7 heteroatoms. The van der Waals surface area contributed by atoms with Gasteiger partial charge in [0.1, 0.15) is 0 Å². The minimum absolute atomic E-state index is 0.0295. The van der Waals surface area contributed by atoms with Crippen LogP contribution in [0.3, 0.4) is 0 Å². The largest absolute Gasteiger partial charge is 0.398 e. The molecule has 0 aliphatic rings.